The summed E-state index contributed by atoms with van der Waals surface area (Å²) in [7, 11) is 2.17. The number of rotatable bonds is 6. The van der Waals surface area contributed by atoms with Gasteiger partial charge in [-0.15, -0.1) is 0 Å². The number of furan rings is 1. The molecule has 0 unspecified atom stereocenters. The molecule has 1 aromatic heterocycles. The second-order valence-electron chi connectivity index (χ2n) is 6.71. The Balaban J connectivity index is 1.40. The summed E-state index contributed by atoms with van der Waals surface area (Å²) in [6.45, 7) is 8.43. The van der Waals surface area contributed by atoms with E-state index >= 15 is 0 Å². The lowest BCUT2D eigenvalue weighted by Crippen LogP contribution is -2.44. The smallest absolute Gasteiger partial charge is 0.287 e. The van der Waals surface area contributed by atoms with Gasteiger partial charge in [-0.05, 0) is 45.0 Å². The summed E-state index contributed by atoms with van der Waals surface area (Å²) in [6, 6.07) is 7.76. The van der Waals surface area contributed by atoms with E-state index in [1.807, 2.05) is 31.2 Å². The van der Waals surface area contributed by atoms with Crippen molar-refractivity contribution in [3.05, 3.63) is 35.6 Å². The first-order valence-electron chi connectivity index (χ1n) is 8.82. The molecule has 0 saturated carbocycles. The van der Waals surface area contributed by atoms with Gasteiger partial charge in [-0.3, -0.25) is 4.79 Å². The van der Waals surface area contributed by atoms with E-state index in [1.165, 1.54) is 0 Å². The first-order chi connectivity index (χ1) is 11.6. The molecule has 3 rings (SSSR count). The van der Waals surface area contributed by atoms with Gasteiger partial charge in [0, 0.05) is 38.1 Å². The average Bonchev–Trinajstić information content (AvgIpc) is 3.02. The maximum atomic E-state index is 12.2. The van der Waals surface area contributed by atoms with Crippen LogP contribution in [0.4, 0.5) is 0 Å². The predicted molar refractivity (Wildman–Crippen MR) is 96.5 cm³/mol. The van der Waals surface area contributed by atoms with Crippen LogP contribution in [0.25, 0.3) is 11.0 Å². The van der Waals surface area contributed by atoms with Crippen molar-refractivity contribution < 1.29 is 9.21 Å². The molecule has 5 nitrogen and oxygen atoms in total. The number of carbonyl (C=O) groups is 1. The van der Waals surface area contributed by atoms with E-state index < -0.39 is 0 Å². The van der Waals surface area contributed by atoms with Gasteiger partial charge in [0.1, 0.15) is 5.58 Å². The number of para-hydroxylation sites is 1. The third-order valence-electron chi connectivity index (χ3n) is 4.75. The highest BCUT2D eigenvalue weighted by Gasteiger charge is 2.14. The third kappa shape index (κ3) is 4.16. The van der Waals surface area contributed by atoms with Gasteiger partial charge in [-0.1, -0.05) is 18.2 Å². The number of aryl methyl sites for hydroxylation is 1. The molecule has 2 heterocycles. The SMILES string of the molecule is Cc1cccc2cc(C(=O)NCCCCN3CCN(C)CC3)oc12. The molecule has 0 radical (unpaired) electrons. The Hall–Kier alpha value is -1.85. The predicted octanol–water partition coefficient (Wildman–Crippen LogP) is 2.50. The van der Waals surface area contributed by atoms with E-state index in [0.29, 0.717) is 12.3 Å². The van der Waals surface area contributed by atoms with Crippen molar-refractivity contribution in [1.82, 2.24) is 15.1 Å². The zero-order valence-electron chi connectivity index (χ0n) is 14.7. The van der Waals surface area contributed by atoms with E-state index in [0.717, 1.165) is 62.1 Å². The lowest BCUT2D eigenvalue weighted by atomic mass is 10.2. The number of likely N-dealkylation sites (N-methyl/N-ethyl adjacent to an activating group) is 1. The van der Waals surface area contributed by atoms with Gasteiger partial charge in [0.05, 0.1) is 0 Å². The molecule has 1 aliphatic rings. The number of nitrogens with zero attached hydrogens (tertiary/aromatic N) is 2. The lowest BCUT2D eigenvalue weighted by Gasteiger charge is -2.32. The number of amides is 1. The number of piperazine rings is 1. The van der Waals surface area contributed by atoms with Crippen LogP contribution < -0.4 is 5.32 Å². The number of nitrogens with one attached hydrogen (secondary N) is 1. The largest absolute Gasteiger partial charge is 0.451 e. The zero-order valence-corrected chi connectivity index (χ0v) is 14.7. The highest BCUT2D eigenvalue weighted by molar-refractivity contribution is 5.96. The molecule has 1 aliphatic heterocycles. The number of hydrogen-bond donors (Lipinski definition) is 1. The Kier molecular flexibility index (Phi) is 5.53. The van der Waals surface area contributed by atoms with Gasteiger partial charge in [0.15, 0.2) is 5.76 Å². The van der Waals surface area contributed by atoms with Crippen LogP contribution in [-0.2, 0) is 0 Å². The molecule has 0 aliphatic carbocycles. The number of fused-ring (bicyclic) bond motifs is 1. The first kappa shape index (κ1) is 17.0. The molecular weight excluding hydrogens is 302 g/mol. The van der Waals surface area contributed by atoms with E-state index in [9.17, 15) is 4.79 Å². The lowest BCUT2D eigenvalue weighted by molar-refractivity contribution is 0.0926. The van der Waals surface area contributed by atoms with Gasteiger partial charge in [-0.2, -0.15) is 0 Å². The molecule has 0 spiro atoms. The Labute approximate surface area is 143 Å². The van der Waals surface area contributed by atoms with E-state index in [1.54, 1.807) is 0 Å². The minimum absolute atomic E-state index is 0.120. The molecule has 0 bridgehead atoms. The minimum atomic E-state index is -0.120. The van der Waals surface area contributed by atoms with Crippen molar-refractivity contribution >= 4 is 16.9 Å². The number of carbonyl (C=O) groups excluding carboxylic acids is 1. The van der Waals surface area contributed by atoms with Crippen molar-refractivity contribution in [2.45, 2.75) is 19.8 Å². The molecule has 1 N–H and O–H groups in total. The normalized spacial score (nSPS) is 16.6. The van der Waals surface area contributed by atoms with Crippen molar-refractivity contribution in [2.24, 2.45) is 0 Å². The molecule has 130 valence electrons. The van der Waals surface area contributed by atoms with E-state index in [2.05, 4.69) is 22.2 Å². The second kappa shape index (κ2) is 7.81. The van der Waals surface area contributed by atoms with Gasteiger partial charge in [0.2, 0.25) is 0 Å². The van der Waals surface area contributed by atoms with Crippen LogP contribution in [-0.4, -0.2) is 62.0 Å². The Morgan fingerprint density at radius 3 is 2.75 bits per heavy atom. The summed E-state index contributed by atoms with van der Waals surface area (Å²) in [5.41, 5.74) is 1.86. The highest BCUT2D eigenvalue weighted by atomic mass is 16.3. The van der Waals surface area contributed by atoms with Crippen LogP contribution >= 0.6 is 0 Å². The highest BCUT2D eigenvalue weighted by Crippen LogP contribution is 2.22. The summed E-state index contributed by atoms with van der Waals surface area (Å²) in [6.07, 6.45) is 2.11. The molecule has 1 aromatic carbocycles. The second-order valence-corrected chi connectivity index (χ2v) is 6.71. The van der Waals surface area contributed by atoms with Gasteiger partial charge in [-0.25, -0.2) is 0 Å². The van der Waals surface area contributed by atoms with Crippen LogP contribution in [0.1, 0.15) is 29.0 Å². The summed E-state index contributed by atoms with van der Waals surface area (Å²) < 4.78 is 5.70. The third-order valence-corrected chi connectivity index (χ3v) is 4.75. The molecule has 1 fully saturated rings. The molecule has 1 saturated heterocycles. The van der Waals surface area contributed by atoms with E-state index in [4.69, 9.17) is 4.42 Å². The Bertz CT molecular complexity index is 687. The number of unbranched alkanes of at least 4 members (excludes halogenated alkanes) is 1. The number of hydrogen-bond acceptors (Lipinski definition) is 4. The fourth-order valence-corrected chi connectivity index (χ4v) is 3.14. The molecular formula is C19H27N3O2. The van der Waals surface area contributed by atoms with Crippen molar-refractivity contribution in [2.75, 3.05) is 46.3 Å². The van der Waals surface area contributed by atoms with Gasteiger partial charge >= 0.3 is 0 Å². The topological polar surface area (TPSA) is 48.7 Å². The van der Waals surface area contributed by atoms with Gasteiger partial charge < -0.3 is 19.5 Å². The van der Waals surface area contributed by atoms with Crippen LogP contribution in [0.2, 0.25) is 0 Å². The molecule has 24 heavy (non-hydrogen) atoms. The fourth-order valence-electron chi connectivity index (χ4n) is 3.14. The Morgan fingerprint density at radius 2 is 2.00 bits per heavy atom. The summed E-state index contributed by atoms with van der Waals surface area (Å²) in [5, 5.41) is 3.95. The van der Waals surface area contributed by atoms with E-state index in [-0.39, 0.29) is 5.91 Å². The maximum absolute atomic E-state index is 12.2. The number of benzene rings is 1. The van der Waals surface area contributed by atoms with Crippen LogP contribution in [0.15, 0.2) is 28.7 Å². The summed E-state index contributed by atoms with van der Waals surface area (Å²) in [5.74, 6) is 0.281. The molecule has 2 aromatic rings. The molecule has 1 amide bonds. The van der Waals surface area contributed by atoms with Gasteiger partial charge in [0.25, 0.3) is 5.91 Å². The summed E-state index contributed by atoms with van der Waals surface area (Å²) >= 11 is 0. The van der Waals surface area contributed by atoms with Crippen molar-refractivity contribution in [3.8, 4) is 0 Å². The van der Waals surface area contributed by atoms with Crippen molar-refractivity contribution in [1.29, 1.82) is 0 Å². The summed E-state index contributed by atoms with van der Waals surface area (Å²) in [4.78, 5) is 17.1. The fraction of sp³-hybridized carbons (Fsp3) is 0.526. The molecule has 0 atom stereocenters. The van der Waals surface area contributed by atoms with Crippen LogP contribution in [0.3, 0.4) is 0 Å². The molecule has 5 heteroatoms. The minimum Gasteiger partial charge on any atom is -0.451 e. The van der Waals surface area contributed by atoms with Crippen LogP contribution in [0, 0.1) is 6.92 Å². The van der Waals surface area contributed by atoms with Crippen molar-refractivity contribution in [3.63, 3.8) is 0 Å². The average molecular weight is 329 g/mol. The Morgan fingerprint density at radius 1 is 1.21 bits per heavy atom. The maximum Gasteiger partial charge on any atom is 0.287 e. The van der Waals surface area contributed by atoms with Crippen LogP contribution in [0.5, 0.6) is 0 Å². The zero-order chi connectivity index (χ0) is 16.9. The first-order valence-corrected chi connectivity index (χ1v) is 8.82. The standard InChI is InChI=1S/C19H27N3O2/c1-15-6-5-7-16-14-17(24-18(15)16)19(23)20-8-3-4-9-22-12-10-21(2)11-13-22/h5-7,14H,3-4,8-13H2,1-2H3,(H,20,23). The monoisotopic (exact) mass is 329 g/mol. The quantitative estimate of drug-likeness (QED) is 0.827.